The van der Waals surface area contributed by atoms with Gasteiger partial charge in [-0.2, -0.15) is 0 Å². The molecule has 0 amide bonds. The van der Waals surface area contributed by atoms with Crippen molar-refractivity contribution in [1.29, 1.82) is 0 Å². The highest BCUT2D eigenvalue weighted by Gasteiger charge is 2.27. The van der Waals surface area contributed by atoms with Crippen molar-refractivity contribution in [3.8, 4) is 0 Å². The molecule has 0 aliphatic heterocycles. The molecule has 0 bridgehead atoms. The van der Waals surface area contributed by atoms with Crippen LogP contribution in [0.15, 0.2) is 24.3 Å². The number of carbonyl (C=O) groups is 2. The number of carbonyl (C=O) groups excluding carboxylic acids is 2. The highest BCUT2D eigenvalue weighted by molar-refractivity contribution is 5.93. The van der Waals surface area contributed by atoms with Crippen LogP contribution in [-0.4, -0.2) is 24.6 Å². The summed E-state index contributed by atoms with van der Waals surface area (Å²) in [5.41, 5.74) is 0.937. The molecule has 2 rings (SSSR count). The molecule has 1 fully saturated rings. The Morgan fingerprint density at radius 1 is 1.04 bits per heavy atom. The maximum Gasteiger partial charge on any atom is 0.338 e. The first-order chi connectivity index (χ1) is 11.5. The number of hydrogen-bond acceptors (Lipinski definition) is 4. The summed E-state index contributed by atoms with van der Waals surface area (Å²) < 4.78 is 10.9. The van der Waals surface area contributed by atoms with Gasteiger partial charge in [-0.3, -0.25) is 0 Å². The maximum atomic E-state index is 12.3. The third-order valence-corrected chi connectivity index (χ3v) is 4.53. The Morgan fingerprint density at radius 2 is 1.62 bits per heavy atom. The van der Waals surface area contributed by atoms with E-state index in [4.69, 9.17) is 9.47 Å². The lowest BCUT2D eigenvalue weighted by Crippen LogP contribution is -2.29. The number of ether oxygens (including phenoxy) is 2. The zero-order chi connectivity index (χ0) is 17.5. The molecule has 1 aromatic rings. The van der Waals surface area contributed by atoms with Crippen LogP contribution < -0.4 is 0 Å². The first kappa shape index (κ1) is 18.5. The molecule has 0 saturated heterocycles. The van der Waals surface area contributed by atoms with Crippen molar-refractivity contribution in [3.05, 3.63) is 35.4 Å². The van der Waals surface area contributed by atoms with Gasteiger partial charge in [0.2, 0.25) is 0 Å². The van der Waals surface area contributed by atoms with Crippen molar-refractivity contribution in [1.82, 2.24) is 0 Å². The molecule has 1 aromatic carbocycles. The van der Waals surface area contributed by atoms with Gasteiger partial charge in [0.15, 0.2) is 0 Å². The molecule has 0 aromatic heterocycles. The van der Waals surface area contributed by atoms with Gasteiger partial charge in [0.05, 0.1) is 17.7 Å². The molecule has 1 saturated carbocycles. The Kier molecular flexibility index (Phi) is 6.83. The number of esters is 2. The second-order valence-electron chi connectivity index (χ2n) is 6.97. The molecule has 2 atom stereocenters. The highest BCUT2D eigenvalue weighted by atomic mass is 16.5. The lowest BCUT2D eigenvalue weighted by Gasteiger charge is -2.30. The third-order valence-electron chi connectivity index (χ3n) is 4.53. The second-order valence-corrected chi connectivity index (χ2v) is 6.97. The first-order valence-corrected chi connectivity index (χ1v) is 8.99. The van der Waals surface area contributed by atoms with Crippen LogP contribution in [0.2, 0.25) is 0 Å². The van der Waals surface area contributed by atoms with Gasteiger partial charge in [-0.25, -0.2) is 9.59 Å². The minimum atomic E-state index is -0.359. The predicted molar refractivity (Wildman–Crippen MR) is 93.0 cm³/mol. The highest BCUT2D eigenvalue weighted by Crippen LogP contribution is 2.29. The van der Waals surface area contributed by atoms with Crippen LogP contribution in [0, 0.1) is 11.8 Å². The van der Waals surface area contributed by atoms with Gasteiger partial charge in [-0.1, -0.05) is 27.2 Å². The summed E-state index contributed by atoms with van der Waals surface area (Å²) in [5, 5.41) is 0. The Bertz CT molecular complexity index is 547. The molecule has 132 valence electrons. The molecule has 0 radical (unpaired) electrons. The van der Waals surface area contributed by atoms with Gasteiger partial charge in [-0.05, 0) is 61.8 Å². The van der Waals surface area contributed by atoms with Crippen LogP contribution in [0.4, 0.5) is 0 Å². The Balaban J connectivity index is 1.94. The molecule has 2 unspecified atom stereocenters. The van der Waals surface area contributed by atoms with Gasteiger partial charge < -0.3 is 9.47 Å². The largest absolute Gasteiger partial charge is 0.462 e. The summed E-state index contributed by atoms with van der Waals surface area (Å²) in [4.78, 5) is 24.2. The molecular weight excluding hydrogens is 304 g/mol. The Morgan fingerprint density at radius 3 is 2.21 bits per heavy atom. The van der Waals surface area contributed by atoms with E-state index < -0.39 is 0 Å². The summed E-state index contributed by atoms with van der Waals surface area (Å²) in [5.74, 6) is 0.0996. The van der Waals surface area contributed by atoms with E-state index in [2.05, 4.69) is 6.92 Å². The fourth-order valence-electron chi connectivity index (χ4n) is 3.07. The minimum absolute atomic E-state index is 0.0203. The van der Waals surface area contributed by atoms with Gasteiger partial charge in [0.1, 0.15) is 6.10 Å². The molecule has 1 aliphatic carbocycles. The number of rotatable bonds is 6. The average Bonchev–Trinajstić information content (AvgIpc) is 2.60. The van der Waals surface area contributed by atoms with Gasteiger partial charge in [0, 0.05) is 0 Å². The van der Waals surface area contributed by atoms with Crippen LogP contribution in [0.5, 0.6) is 0 Å². The third kappa shape index (κ3) is 5.08. The number of hydrogen-bond donors (Lipinski definition) is 0. The van der Waals surface area contributed by atoms with E-state index in [1.54, 1.807) is 24.3 Å². The van der Waals surface area contributed by atoms with E-state index in [1.165, 1.54) is 6.42 Å². The zero-order valence-electron chi connectivity index (χ0n) is 14.9. The standard InChI is InChI=1S/C20H28O4/c1-4-15-7-5-6-8-18(15)24-20(22)17-11-9-16(10-12-17)19(21)23-13-14(2)3/h9-12,14-15,18H,4-8,13H2,1-3H3. The molecule has 4 nitrogen and oxygen atoms in total. The molecule has 0 heterocycles. The quantitative estimate of drug-likeness (QED) is 0.713. The maximum absolute atomic E-state index is 12.3. The van der Waals surface area contributed by atoms with Gasteiger partial charge in [0.25, 0.3) is 0 Å². The summed E-state index contributed by atoms with van der Waals surface area (Å²) >= 11 is 0. The van der Waals surface area contributed by atoms with E-state index in [9.17, 15) is 9.59 Å². The molecule has 0 N–H and O–H groups in total. The lowest BCUT2D eigenvalue weighted by atomic mass is 9.85. The topological polar surface area (TPSA) is 52.6 Å². The predicted octanol–water partition coefficient (Wildman–Crippen LogP) is 4.63. The fourth-order valence-corrected chi connectivity index (χ4v) is 3.07. The minimum Gasteiger partial charge on any atom is -0.462 e. The average molecular weight is 332 g/mol. The van der Waals surface area contributed by atoms with E-state index >= 15 is 0 Å². The second kappa shape index (κ2) is 8.86. The van der Waals surface area contributed by atoms with Crippen LogP contribution >= 0.6 is 0 Å². The molecule has 1 aliphatic rings. The zero-order valence-corrected chi connectivity index (χ0v) is 14.9. The first-order valence-electron chi connectivity index (χ1n) is 8.99. The molecule has 0 spiro atoms. The van der Waals surface area contributed by atoms with Crippen LogP contribution in [0.3, 0.4) is 0 Å². The fraction of sp³-hybridized carbons (Fsp3) is 0.600. The normalized spacial score (nSPS) is 20.7. The van der Waals surface area contributed by atoms with Crippen LogP contribution in [0.25, 0.3) is 0 Å². The lowest BCUT2D eigenvalue weighted by molar-refractivity contribution is 0.000675. The summed E-state index contributed by atoms with van der Waals surface area (Å²) in [6, 6.07) is 6.52. The Labute approximate surface area is 144 Å². The van der Waals surface area contributed by atoms with E-state index in [0.717, 1.165) is 25.7 Å². The van der Waals surface area contributed by atoms with Crippen molar-refractivity contribution >= 4 is 11.9 Å². The van der Waals surface area contributed by atoms with Gasteiger partial charge >= 0.3 is 11.9 Å². The van der Waals surface area contributed by atoms with Crippen molar-refractivity contribution in [3.63, 3.8) is 0 Å². The van der Waals surface area contributed by atoms with Crippen molar-refractivity contribution in [2.45, 2.75) is 59.0 Å². The SMILES string of the molecule is CCC1CCCCC1OC(=O)c1ccc(C(=O)OCC(C)C)cc1. The smallest absolute Gasteiger partial charge is 0.338 e. The van der Waals surface area contributed by atoms with E-state index in [0.29, 0.717) is 29.6 Å². The summed E-state index contributed by atoms with van der Waals surface area (Å²) in [6.45, 7) is 6.51. The summed E-state index contributed by atoms with van der Waals surface area (Å²) in [7, 11) is 0. The Hall–Kier alpha value is -1.84. The molecule has 4 heteroatoms. The van der Waals surface area contributed by atoms with Gasteiger partial charge in [-0.15, -0.1) is 0 Å². The van der Waals surface area contributed by atoms with E-state index in [-0.39, 0.29) is 18.0 Å². The summed E-state index contributed by atoms with van der Waals surface area (Å²) in [6.07, 6.45) is 5.48. The van der Waals surface area contributed by atoms with Crippen LogP contribution in [-0.2, 0) is 9.47 Å². The van der Waals surface area contributed by atoms with Crippen molar-refractivity contribution in [2.75, 3.05) is 6.61 Å². The molecular formula is C20H28O4. The van der Waals surface area contributed by atoms with E-state index in [1.807, 2.05) is 13.8 Å². The monoisotopic (exact) mass is 332 g/mol. The van der Waals surface area contributed by atoms with Crippen molar-refractivity contribution < 1.29 is 19.1 Å². The van der Waals surface area contributed by atoms with Crippen molar-refractivity contribution in [2.24, 2.45) is 11.8 Å². The van der Waals surface area contributed by atoms with Crippen LogP contribution in [0.1, 0.15) is 73.6 Å². The number of benzene rings is 1. The molecule has 24 heavy (non-hydrogen) atoms.